The number of fused-ring (bicyclic) bond motifs is 1. The van der Waals surface area contributed by atoms with Gasteiger partial charge in [-0.05, 0) is 29.6 Å². The highest BCUT2D eigenvalue weighted by atomic mass is 32.1. The second-order valence-electron chi connectivity index (χ2n) is 6.15. The summed E-state index contributed by atoms with van der Waals surface area (Å²) in [6, 6.07) is 8.09. The van der Waals surface area contributed by atoms with Crippen molar-refractivity contribution in [3.8, 4) is 10.6 Å². The zero-order chi connectivity index (χ0) is 22.4. The Hall–Kier alpha value is -3.48. The summed E-state index contributed by atoms with van der Waals surface area (Å²) in [6.07, 6.45) is -9.60. The van der Waals surface area contributed by atoms with Crippen LogP contribution in [0.4, 0.5) is 32.0 Å². The third kappa shape index (κ3) is 4.08. The predicted molar refractivity (Wildman–Crippen MR) is 98.5 cm³/mol. The number of para-hydroxylation sites is 1. The lowest BCUT2D eigenvalue weighted by molar-refractivity contribution is -0.142. The van der Waals surface area contributed by atoms with Crippen molar-refractivity contribution >= 4 is 28.7 Å². The lowest BCUT2D eigenvalue weighted by Crippen LogP contribution is -2.18. The number of aromatic nitrogens is 4. The minimum Gasteiger partial charge on any atom is -0.319 e. The topological polar surface area (TPSA) is 72.2 Å². The van der Waals surface area contributed by atoms with Crippen LogP contribution in [0.5, 0.6) is 0 Å². The lowest BCUT2D eigenvalue weighted by atomic mass is 10.1. The van der Waals surface area contributed by atoms with Gasteiger partial charge in [-0.3, -0.25) is 4.79 Å². The molecule has 0 radical (unpaired) electrons. The first-order chi connectivity index (χ1) is 14.5. The van der Waals surface area contributed by atoms with E-state index in [2.05, 4.69) is 15.1 Å². The molecule has 31 heavy (non-hydrogen) atoms. The van der Waals surface area contributed by atoms with Gasteiger partial charge in [-0.25, -0.2) is 4.98 Å². The summed E-state index contributed by atoms with van der Waals surface area (Å²) in [5.74, 6) is -2.50. The molecule has 4 aromatic rings. The van der Waals surface area contributed by atoms with E-state index < -0.39 is 46.8 Å². The van der Waals surface area contributed by atoms with Crippen LogP contribution in [0, 0.1) is 0 Å². The quantitative estimate of drug-likeness (QED) is 0.433. The van der Waals surface area contributed by atoms with Crippen LogP contribution in [0.15, 0.2) is 47.8 Å². The fourth-order valence-corrected chi connectivity index (χ4v) is 3.42. The van der Waals surface area contributed by atoms with Gasteiger partial charge in [0.1, 0.15) is 0 Å². The number of thiophene rings is 1. The first kappa shape index (κ1) is 20.8. The average molecular weight is 457 g/mol. The number of carbonyl (C=O) groups excluding carboxylic acids is 1. The van der Waals surface area contributed by atoms with Crippen LogP contribution >= 0.6 is 11.3 Å². The maximum Gasteiger partial charge on any atom is 0.433 e. The number of rotatable bonds is 3. The second-order valence-corrected chi connectivity index (χ2v) is 7.09. The van der Waals surface area contributed by atoms with Gasteiger partial charge < -0.3 is 5.32 Å². The molecule has 3 aromatic heterocycles. The van der Waals surface area contributed by atoms with E-state index in [0.717, 1.165) is 35.6 Å². The van der Waals surface area contributed by atoms with Crippen molar-refractivity contribution in [2.24, 2.45) is 0 Å². The van der Waals surface area contributed by atoms with Crippen molar-refractivity contribution in [2.75, 3.05) is 5.32 Å². The van der Waals surface area contributed by atoms with Crippen LogP contribution in [-0.2, 0) is 12.4 Å². The highest BCUT2D eigenvalue weighted by Crippen LogP contribution is 2.35. The molecule has 160 valence electrons. The van der Waals surface area contributed by atoms with Crippen LogP contribution in [0.3, 0.4) is 0 Å². The van der Waals surface area contributed by atoms with Gasteiger partial charge in [0, 0.05) is 0 Å². The molecule has 1 aromatic carbocycles. The number of nitrogens with one attached hydrogen (secondary N) is 1. The molecule has 13 heteroatoms. The molecule has 3 heterocycles. The minimum atomic E-state index is -4.85. The molecule has 1 amide bonds. The number of benzene rings is 1. The fraction of sp³-hybridized carbons (Fsp3) is 0.111. The molecular weight excluding hydrogens is 448 g/mol. The van der Waals surface area contributed by atoms with Crippen molar-refractivity contribution < 1.29 is 31.1 Å². The number of anilines is 1. The number of halogens is 6. The Morgan fingerprint density at radius 1 is 0.968 bits per heavy atom. The molecule has 0 atom stereocenters. The smallest absolute Gasteiger partial charge is 0.319 e. The lowest BCUT2D eigenvalue weighted by Gasteiger charge is -2.12. The molecule has 0 aliphatic rings. The summed E-state index contributed by atoms with van der Waals surface area (Å²) in [5, 5.41) is 7.16. The first-order valence-electron chi connectivity index (χ1n) is 8.40. The highest BCUT2D eigenvalue weighted by molar-refractivity contribution is 7.13. The Balaban J connectivity index is 1.77. The standard InChI is InChI=1S/C18H9F6N5OS/c19-17(20,21)9-4-1-2-5-10(9)25-15(30)14-27-16-26-11(12-6-3-7-31-12)8-13(18(22,23)24)29(16)28-14/h1-8H,(H,25,30). The monoisotopic (exact) mass is 457 g/mol. The molecule has 0 fully saturated rings. The van der Waals surface area contributed by atoms with E-state index in [1.165, 1.54) is 6.07 Å². The molecule has 4 rings (SSSR count). The summed E-state index contributed by atoms with van der Waals surface area (Å²) >= 11 is 1.15. The van der Waals surface area contributed by atoms with E-state index in [0.29, 0.717) is 9.39 Å². The largest absolute Gasteiger partial charge is 0.433 e. The normalized spacial score (nSPS) is 12.3. The number of nitrogens with zero attached hydrogens (tertiary/aromatic N) is 4. The van der Waals surface area contributed by atoms with Crippen molar-refractivity contribution in [1.29, 1.82) is 0 Å². The van der Waals surface area contributed by atoms with Gasteiger partial charge in [0.05, 0.1) is 21.8 Å². The van der Waals surface area contributed by atoms with E-state index in [1.54, 1.807) is 17.5 Å². The summed E-state index contributed by atoms with van der Waals surface area (Å²) in [5.41, 5.74) is -2.97. The second kappa shape index (κ2) is 7.34. The highest BCUT2D eigenvalue weighted by Gasteiger charge is 2.37. The van der Waals surface area contributed by atoms with E-state index in [9.17, 15) is 31.1 Å². The van der Waals surface area contributed by atoms with Gasteiger partial charge >= 0.3 is 12.4 Å². The van der Waals surface area contributed by atoms with Crippen LogP contribution in [0.1, 0.15) is 21.9 Å². The maximum absolute atomic E-state index is 13.5. The van der Waals surface area contributed by atoms with Gasteiger partial charge in [-0.1, -0.05) is 18.2 Å². The van der Waals surface area contributed by atoms with Crippen molar-refractivity contribution in [3.05, 3.63) is 64.9 Å². The SMILES string of the molecule is O=C(Nc1ccccc1C(F)(F)F)c1nc2nc(-c3cccs3)cc(C(F)(F)F)n2n1. The summed E-state index contributed by atoms with van der Waals surface area (Å²) in [6.45, 7) is 0. The number of hydrogen-bond donors (Lipinski definition) is 1. The molecule has 0 unspecified atom stereocenters. The summed E-state index contributed by atoms with van der Waals surface area (Å²) < 4.78 is 80.3. The molecular formula is C18H9F6N5OS. The average Bonchev–Trinajstić information content (AvgIpc) is 3.35. The van der Waals surface area contributed by atoms with Crippen LogP contribution in [-0.4, -0.2) is 25.5 Å². The van der Waals surface area contributed by atoms with Gasteiger partial charge in [0.25, 0.3) is 11.7 Å². The molecule has 0 saturated heterocycles. The first-order valence-corrected chi connectivity index (χ1v) is 9.28. The van der Waals surface area contributed by atoms with E-state index in [-0.39, 0.29) is 5.69 Å². The Morgan fingerprint density at radius 2 is 1.71 bits per heavy atom. The zero-order valence-corrected chi connectivity index (χ0v) is 15.8. The van der Waals surface area contributed by atoms with E-state index >= 15 is 0 Å². The predicted octanol–water partition coefficient (Wildman–Crippen LogP) is 5.14. The molecule has 0 saturated carbocycles. The van der Waals surface area contributed by atoms with Crippen molar-refractivity contribution in [3.63, 3.8) is 0 Å². The number of amides is 1. The van der Waals surface area contributed by atoms with Crippen molar-refractivity contribution in [1.82, 2.24) is 19.6 Å². The fourth-order valence-electron chi connectivity index (χ4n) is 2.73. The van der Waals surface area contributed by atoms with E-state index in [1.807, 2.05) is 5.32 Å². The number of carbonyl (C=O) groups is 1. The Labute approximate surface area is 173 Å². The van der Waals surface area contributed by atoms with Gasteiger partial charge in [-0.2, -0.15) is 35.8 Å². The molecule has 0 spiro atoms. The van der Waals surface area contributed by atoms with Crippen LogP contribution in [0.2, 0.25) is 0 Å². The minimum absolute atomic E-state index is 0.0309. The van der Waals surface area contributed by atoms with Crippen molar-refractivity contribution in [2.45, 2.75) is 12.4 Å². The molecule has 0 aliphatic carbocycles. The maximum atomic E-state index is 13.5. The molecule has 0 aliphatic heterocycles. The van der Waals surface area contributed by atoms with Crippen LogP contribution < -0.4 is 5.32 Å². The Morgan fingerprint density at radius 3 is 2.35 bits per heavy atom. The third-order valence-electron chi connectivity index (χ3n) is 4.06. The number of hydrogen-bond acceptors (Lipinski definition) is 5. The van der Waals surface area contributed by atoms with Crippen LogP contribution in [0.25, 0.3) is 16.3 Å². The van der Waals surface area contributed by atoms with E-state index in [4.69, 9.17) is 0 Å². The molecule has 0 bridgehead atoms. The van der Waals surface area contributed by atoms with Gasteiger partial charge in [-0.15, -0.1) is 16.4 Å². The zero-order valence-electron chi connectivity index (χ0n) is 15.0. The molecule has 6 nitrogen and oxygen atoms in total. The Kier molecular flexibility index (Phi) is 4.92. The van der Waals surface area contributed by atoms with Gasteiger partial charge in [0.2, 0.25) is 5.82 Å². The third-order valence-corrected chi connectivity index (χ3v) is 4.95. The van der Waals surface area contributed by atoms with Gasteiger partial charge in [0.15, 0.2) is 5.69 Å². The summed E-state index contributed by atoms with van der Waals surface area (Å²) in [7, 11) is 0. The number of alkyl halides is 6. The molecule has 1 N–H and O–H groups in total. The summed E-state index contributed by atoms with van der Waals surface area (Å²) in [4.78, 5) is 20.5. The Bertz CT molecular complexity index is 1260.